The molecule has 0 fully saturated rings. The molecule has 0 aliphatic rings. The fraction of sp³-hybridized carbons (Fsp3) is 0.615. The minimum absolute atomic E-state index is 0.175. The van der Waals surface area contributed by atoms with Crippen molar-refractivity contribution < 1.29 is 48.4 Å². The second-order valence-corrected chi connectivity index (χ2v) is 10.2. The summed E-state index contributed by atoms with van der Waals surface area (Å²) in [5.74, 6) is -3.25. The normalized spacial score (nSPS) is 14.4. The van der Waals surface area contributed by atoms with E-state index in [0.29, 0.717) is 0 Å². The van der Waals surface area contributed by atoms with E-state index in [9.17, 15) is 43.7 Å². The molecule has 27 heavy (non-hydrogen) atoms. The monoisotopic (exact) mass is 430 g/mol. The molecule has 1 aromatic rings. The van der Waals surface area contributed by atoms with Crippen LogP contribution in [0.4, 0.5) is 0 Å². The number of rotatable bonds is 9. The van der Waals surface area contributed by atoms with Crippen LogP contribution in [0.3, 0.4) is 0 Å². The van der Waals surface area contributed by atoms with Gasteiger partial charge in [0.1, 0.15) is 6.04 Å². The van der Waals surface area contributed by atoms with E-state index in [-0.39, 0.29) is 13.0 Å². The lowest BCUT2D eigenvalue weighted by Crippen LogP contribution is -2.39. The molecule has 0 unspecified atom stereocenters. The molecule has 1 atom stereocenters. The highest BCUT2D eigenvalue weighted by atomic mass is 31.2. The Morgan fingerprint density at radius 2 is 1.59 bits per heavy atom. The van der Waals surface area contributed by atoms with Gasteiger partial charge in [0.25, 0.3) is 0 Å². The Morgan fingerprint density at radius 1 is 1.15 bits per heavy atom. The molecular weight excluding hydrogens is 406 g/mol. The Balaban J connectivity index is 3.48. The van der Waals surface area contributed by atoms with Crippen molar-refractivity contribution in [3.63, 3.8) is 0 Å². The zero-order valence-electron chi connectivity index (χ0n) is 14.7. The average molecular weight is 430 g/mol. The number of carbonyl (C=O) groups is 1. The van der Waals surface area contributed by atoms with Gasteiger partial charge in [-0.15, -0.1) is 0 Å². The first-order chi connectivity index (χ1) is 12.2. The van der Waals surface area contributed by atoms with Gasteiger partial charge in [0.2, 0.25) is 0 Å². The first-order valence-electron chi connectivity index (χ1n) is 7.83. The van der Waals surface area contributed by atoms with Crippen LogP contribution in [0, 0.1) is 5.92 Å². The molecule has 12 nitrogen and oxygen atoms in total. The molecule has 156 valence electrons. The summed E-state index contributed by atoms with van der Waals surface area (Å²) in [6.07, 6.45) is -1.14. The zero-order chi connectivity index (χ0) is 21.2. The number of aromatic hydroxyl groups is 2. The van der Waals surface area contributed by atoms with Gasteiger partial charge in [-0.25, -0.2) is 4.79 Å². The van der Waals surface area contributed by atoms with E-state index in [4.69, 9.17) is 10.5 Å². The molecule has 14 heteroatoms. The Kier molecular flexibility index (Phi) is 7.29. The molecule has 8 N–H and O–H groups in total. The van der Waals surface area contributed by atoms with E-state index in [1.165, 1.54) is 13.8 Å². The summed E-state index contributed by atoms with van der Waals surface area (Å²) in [6.45, 7) is 2.77. The lowest BCUT2D eigenvalue weighted by molar-refractivity contribution is -0.156. The second-order valence-electron chi connectivity index (χ2n) is 6.25. The maximum atomic E-state index is 12.7. The first kappa shape index (κ1) is 23.6. The number of hydrogen-bond acceptors (Lipinski definition) is 7. The highest BCUT2D eigenvalue weighted by Gasteiger charge is 2.64. The van der Waals surface area contributed by atoms with Gasteiger partial charge >= 0.3 is 26.2 Å². The van der Waals surface area contributed by atoms with E-state index in [1.807, 2.05) is 0 Å². The van der Waals surface area contributed by atoms with Crippen LogP contribution in [0.2, 0.25) is 0 Å². The SMILES string of the molecule is CC(C)[C@@H](C(=O)OC(CCCN)(P(=O)(O)O)P(=O)(O)O)n1c(O)ccc1O. The van der Waals surface area contributed by atoms with Gasteiger partial charge in [0.05, 0.1) is 0 Å². The number of esters is 1. The smallest absolute Gasteiger partial charge is 0.381 e. The lowest BCUT2D eigenvalue weighted by Gasteiger charge is -2.35. The van der Waals surface area contributed by atoms with E-state index in [0.717, 1.165) is 16.7 Å². The van der Waals surface area contributed by atoms with E-state index in [2.05, 4.69) is 0 Å². The largest absolute Gasteiger partial charge is 0.494 e. The number of hydrogen-bond donors (Lipinski definition) is 7. The van der Waals surface area contributed by atoms with E-state index in [1.54, 1.807) is 0 Å². The first-order valence-corrected chi connectivity index (χ1v) is 11.1. The van der Waals surface area contributed by atoms with Crippen molar-refractivity contribution in [1.29, 1.82) is 0 Å². The maximum Gasteiger partial charge on any atom is 0.381 e. The minimum Gasteiger partial charge on any atom is -0.494 e. The summed E-state index contributed by atoms with van der Waals surface area (Å²) in [7, 11) is -11.4. The summed E-state index contributed by atoms with van der Waals surface area (Å²) in [4.78, 5) is 51.1. The van der Waals surface area contributed by atoms with Gasteiger partial charge in [0, 0.05) is 18.6 Å². The second kappa shape index (κ2) is 8.32. The number of nitrogens with two attached hydrogens (primary N) is 1. The van der Waals surface area contributed by atoms with Gasteiger partial charge in [-0.1, -0.05) is 13.8 Å². The highest BCUT2D eigenvalue weighted by molar-refractivity contribution is 7.72. The summed E-state index contributed by atoms with van der Waals surface area (Å²) in [5.41, 5.74) is 5.26. The van der Waals surface area contributed by atoms with Crippen molar-refractivity contribution in [2.24, 2.45) is 11.7 Å². The van der Waals surface area contributed by atoms with Crippen LogP contribution in [-0.2, 0) is 18.7 Å². The average Bonchev–Trinajstić information content (AvgIpc) is 2.81. The van der Waals surface area contributed by atoms with Crippen LogP contribution in [0.25, 0.3) is 0 Å². The summed E-state index contributed by atoms with van der Waals surface area (Å²) < 4.78 is 29.4. The fourth-order valence-electron chi connectivity index (χ4n) is 2.57. The molecule has 0 amide bonds. The molecule has 0 saturated heterocycles. The molecule has 0 radical (unpaired) electrons. The summed E-state index contributed by atoms with van der Waals surface area (Å²) in [6, 6.07) is 0.604. The Bertz CT molecular complexity index is 724. The van der Waals surface area contributed by atoms with Crippen molar-refractivity contribution in [2.45, 2.75) is 37.8 Å². The van der Waals surface area contributed by atoms with Crippen LogP contribution in [0.1, 0.15) is 32.7 Å². The van der Waals surface area contributed by atoms with Crippen molar-refractivity contribution in [3.05, 3.63) is 12.1 Å². The quantitative estimate of drug-likeness (QED) is 0.210. The molecular formula is C13H24N2O10P2. The molecule has 0 aliphatic heterocycles. The van der Waals surface area contributed by atoms with Crippen molar-refractivity contribution in [2.75, 3.05) is 6.54 Å². The predicted molar refractivity (Wildman–Crippen MR) is 92.8 cm³/mol. The molecule has 0 aromatic carbocycles. The third-order valence-corrected chi connectivity index (χ3v) is 7.92. The molecule has 0 bridgehead atoms. The Morgan fingerprint density at radius 3 is 1.93 bits per heavy atom. The van der Waals surface area contributed by atoms with E-state index < -0.39 is 56.4 Å². The predicted octanol–water partition coefficient (Wildman–Crippen LogP) is 0.388. The number of ether oxygens (including phenoxy) is 1. The minimum atomic E-state index is -5.68. The summed E-state index contributed by atoms with van der Waals surface area (Å²) in [5, 5.41) is 16.2. The van der Waals surface area contributed by atoms with Crippen LogP contribution in [0.15, 0.2) is 12.1 Å². The topological polar surface area (TPSA) is 213 Å². The van der Waals surface area contributed by atoms with Crippen LogP contribution < -0.4 is 5.73 Å². The van der Waals surface area contributed by atoms with Crippen molar-refractivity contribution in [3.8, 4) is 11.8 Å². The third kappa shape index (κ3) is 4.72. The number of nitrogens with zero attached hydrogens (tertiary/aromatic N) is 1. The van der Waals surface area contributed by atoms with Crippen molar-refractivity contribution >= 4 is 21.2 Å². The number of aromatic nitrogens is 1. The van der Waals surface area contributed by atoms with Gasteiger partial charge in [-0.2, -0.15) is 0 Å². The number of carbonyl (C=O) groups excluding carboxylic acids is 1. The third-order valence-electron chi connectivity index (χ3n) is 3.91. The van der Waals surface area contributed by atoms with Gasteiger partial charge < -0.3 is 40.3 Å². The molecule has 1 heterocycles. The Hall–Kier alpha value is -1.39. The standard InChI is InChI=1S/C13H24N2O10P2/c1-8(2)11(15-9(16)4-5-10(15)17)12(18)25-13(6-3-7-14,26(19,20)21)27(22,23)24/h4-5,8,11,16-17H,3,6-7,14H2,1-2H3,(H2,19,20,21)(H2,22,23,24)/t11-/m0/s1. The molecule has 0 aliphatic carbocycles. The van der Waals surface area contributed by atoms with Gasteiger partial charge in [-0.05, 0) is 18.9 Å². The van der Waals surface area contributed by atoms with Crippen LogP contribution in [-0.4, -0.2) is 52.0 Å². The fourth-order valence-corrected chi connectivity index (χ4v) is 5.25. The summed E-state index contributed by atoms with van der Waals surface area (Å²) >= 11 is 0. The Labute approximate surface area is 154 Å². The van der Waals surface area contributed by atoms with Crippen LogP contribution in [0.5, 0.6) is 11.8 Å². The van der Waals surface area contributed by atoms with Gasteiger partial charge in [-0.3, -0.25) is 13.7 Å². The molecule has 0 saturated carbocycles. The van der Waals surface area contributed by atoms with Crippen LogP contribution >= 0.6 is 15.2 Å². The maximum absolute atomic E-state index is 12.7. The van der Waals surface area contributed by atoms with E-state index >= 15 is 0 Å². The van der Waals surface area contributed by atoms with Gasteiger partial charge in [0.15, 0.2) is 11.8 Å². The highest BCUT2D eigenvalue weighted by Crippen LogP contribution is 2.71. The molecule has 1 aromatic heterocycles. The molecule has 1 rings (SSSR count). The van der Waals surface area contributed by atoms with Crippen molar-refractivity contribution in [1.82, 2.24) is 4.57 Å². The lowest BCUT2D eigenvalue weighted by atomic mass is 10.0. The zero-order valence-corrected chi connectivity index (χ0v) is 16.5. The molecule has 0 spiro atoms.